The topological polar surface area (TPSA) is 75.7 Å². The molecule has 0 spiro atoms. The summed E-state index contributed by atoms with van der Waals surface area (Å²) >= 11 is 0. The fraction of sp³-hybridized carbons (Fsp3) is 0.350. The molecule has 1 amide bonds. The maximum Gasteiger partial charge on any atom is 0.254 e. The van der Waals surface area contributed by atoms with E-state index < -0.39 is 9.84 Å². The Kier molecular flexibility index (Phi) is 5.82. The summed E-state index contributed by atoms with van der Waals surface area (Å²) < 4.78 is 29.4. The van der Waals surface area contributed by atoms with E-state index in [0.717, 1.165) is 11.3 Å². The van der Waals surface area contributed by atoms with Crippen molar-refractivity contribution in [1.29, 1.82) is 0 Å². The largest absolute Gasteiger partial charge is 0.496 e. The number of sulfone groups is 1. The number of piperazine rings is 1. The molecule has 1 heterocycles. The molecule has 2 aromatic carbocycles. The van der Waals surface area contributed by atoms with Gasteiger partial charge in [-0.05, 0) is 30.3 Å². The number of nitrogens with one attached hydrogen (secondary N) is 1. The van der Waals surface area contributed by atoms with Gasteiger partial charge in [0, 0.05) is 30.8 Å². The average Bonchev–Trinajstić information content (AvgIpc) is 2.73. The van der Waals surface area contributed by atoms with E-state index >= 15 is 0 Å². The lowest BCUT2D eigenvalue weighted by atomic mass is 10.0. The molecule has 1 saturated heterocycles. The lowest BCUT2D eigenvalue weighted by molar-refractivity contribution is 0.0631. The number of amides is 1. The summed E-state index contributed by atoms with van der Waals surface area (Å²) in [5.41, 5.74) is 1.43. The van der Waals surface area contributed by atoms with E-state index in [1.165, 1.54) is 12.1 Å². The van der Waals surface area contributed by atoms with E-state index in [2.05, 4.69) is 5.32 Å². The van der Waals surface area contributed by atoms with Crippen LogP contribution in [0.4, 0.5) is 0 Å². The van der Waals surface area contributed by atoms with Crippen molar-refractivity contribution >= 4 is 15.7 Å². The monoisotopic (exact) mass is 388 g/mol. The number of ether oxygens (including phenoxy) is 1. The third kappa shape index (κ3) is 3.99. The van der Waals surface area contributed by atoms with Gasteiger partial charge in [-0.15, -0.1) is 0 Å². The normalized spacial score (nSPS) is 17.6. The van der Waals surface area contributed by atoms with Gasteiger partial charge in [0.05, 0.1) is 23.8 Å². The first-order chi connectivity index (χ1) is 13.0. The fourth-order valence-corrected chi connectivity index (χ4v) is 4.19. The minimum absolute atomic E-state index is 0.0357. The van der Waals surface area contributed by atoms with E-state index in [-0.39, 0.29) is 22.6 Å². The van der Waals surface area contributed by atoms with Gasteiger partial charge in [-0.25, -0.2) is 8.42 Å². The first-order valence-electron chi connectivity index (χ1n) is 8.95. The van der Waals surface area contributed by atoms with E-state index in [1.54, 1.807) is 26.2 Å². The standard InChI is InChI=1S/C20H24N2O4S/c1-3-27(24,25)16-10-8-15(9-11-16)20(23)22-13-12-21-14-18(22)17-6-4-5-7-19(17)26-2/h4-11,18,21H,3,12-14H2,1-2H3. The summed E-state index contributed by atoms with van der Waals surface area (Å²) in [5.74, 6) is 0.662. The molecule has 0 bridgehead atoms. The molecule has 1 fully saturated rings. The van der Waals surface area contributed by atoms with Gasteiger partial charge >= 0.3 is 0 Å². The Balaban J connectivity index is 1.90. The van der Waals surface area contributed by atoms with Crippen LogP contribution in [0.3, 0.4) is 0 Å². The van der Waals surface area contributed by atoms with Crippen LogP contribution in [-0.2, 0) is 9.84 Å². The smallest absolute Gasteiger partial charge is 0.254 e. The Bertz CT molecular complexity index is 910. The Hall–Kier alpha value is -2.38. The summed E-state index contributed by atoms with van der Waals surface area (Å²) in [4.78, 5) is 15.2. The van der Waals surface area contributed by atoms with Crippen molar-refractivity contribution in [2.75, 3.05) is 32.5 Å². The SMILES string of the molecule is CCS(=O)(=O)c1ccc(C(=O)N2CCNCC2c2ccccc2OC)cc1. The fourth-order valence-electron chi connectivity index (χ4n) is 3.30. The number of rotatable bonds is 5. The third-order valence-corrected chi connectivity index (χ3v) is 6.59. The summed E-state index contributed by atoms with van der Waals surface area (Å²) in [5, 5.41) is 3.33. The Morgan fingerprint density at radius 1 is 1.19 bits per heavy atom. The predicted molar refractivity (Wildman–Crippen MR) is 104 cm³/mol. The second-order valence-corrected chi connectivity index (χ2v) is 8.67. The van der Waals surface area contributed by atoms with Crippen LogP contribution in [0.2, 0.25) is 0 Å². The van der Waals surface area contributed by atoms with E-state index in [1.807, 2.05) is 29.2 Å². The lowest BCUT2D eigenvalue weighted by Crippen LogP contribution is -2.48. The molecule has 144 valence electrons. The van der Waals surface area contributed by atoms with Crippen LogP contribution in [0.25, 0.3) is 0 Å². The van der Waals surface area contributed by atoms with Crippen LogP contribution in [0, 0.1) is 0 Å². The van der Waals surface area contributed by atoms with Gasteiger partial charge < -0.3 is 15.0 Å². The van der Waals surface area contributed by atoms with Crippen molar-refractivity contribution in [2.24, 2.45) is 0 Å². The molecule has 1 aliphatic heterocycles. The number of carbonyl (C=O) groups is 1. The number of hydrogen-bond acceptors (Lipinski definition) is 5. The summed E-state index contributed by atoms with van der Waals surface area (Å²) in [6.07, 6.45) is 0. The summed E-state index contributed by atoms with van der Waals surface area (Å²) in [7, 11) is -1.66. The molecule has 1 unspecified atom stereocenters. The molecule has 0 saturated carbocycles. The van der Waals surface area contributed by atoms with Crippen LogP contribution in [0.5, 0.6) is 5.75 Å². The van der Waals surface area contributed by atoms with Crippen LogP contribution in [0.15, 0.2) is 53.4 Å². The first kappa shape index (κ1) is 19.4. The van der Waals surface area contributed by atoms with E-state index in [9.17, 15) is 13.2 Å². The maximum absolute atomic E-state index is 13.1. The zero-order valence-corrected chi connectivity index (χ0v) is 16.3. The van der Waals surface area contributed by atoms with Crippen LogP contribution >= 0.6 is 0 Å². The highest BCUT2D eigenvalue weighted by molar-refractivity contribution is 7.91. The van der Waals surface area contributed by atoms with Crippen molar-refractivity contribution in [2.45, 2.75) is 17.9 Å². The zero-order chi connectivity index (χ0) is 19.4. The van der Waals surface area contributed by atoms with Crippen molar-refractivity contribution in [3.05, 3.63) is 59.7 Å². The number of hydrogen-bond donors (Lipinski definition) is 1. The van der Waals surface area contributed by atoms with Gasteiger partial charge in [-0.2, -0.15) is 0 Å². The second kappa shape index (κ2) is 8.10. The van der Waals surface area contributed by atoms with E-state index in [4.69, 9.17) is 4.74 Å². The van der Waals surface area contributed by atoms with Gasteiger partial charge in [0.15, 0.2) is 9.84 Å². The molecule has 1 aliphatic rings. The van der Waals surface area contributed by atoms with Crippen LogP contribution in [0.1, 0.15) is 28.9 Å². The predicted octanol–water partition coefficient (Wildman–Crippen LogP) is 2.28. The number of carbonyl (C=O) groups excluding carboxylic acids is 1. The Labute approximate surface area is 160 Å². The summed E-state index contributed by atoms with van der Waals surface area (Å²) in [6.45, 7) is 3.51. The average molecular weight is 388 g/mol. The number of benzene rings is 2. The molecule has 27 heavy (non-hydrogen) atoms. The third-order valence-electron chi connectivity index (χ3n) is 4.84. The molecule has 7 heteroatoms. The molecule has 0 aliphatic carbocycles. The van der Waals surface area contributed by atoms with Crippen molar-refractivity contribution < 1.29 is 17.9 Å². The van der Waals surface area contributed by atoms with Crippen molar-refractivity contribution in [3.8, 4) is 5.75 Å². The minimum atomic E-state index is -3.28. The highest BCUT2D eigenvalue weighted by atomic mass is 32.2. The molecule has 6 nitrogen and oxygen atoms in total. The highest BCUT2D eigenvalue weighted by Crippen LogP contribution is 2.31. The van der Waals surface area contributed by atoms with Gasteiger partial charge in [0.1, 0.15) is 5.75 Å². The minimum Gasteiger partial charge on any atom is -0.496 e. The van der Waals surface area contributed by atoms with Gasteiger partial charge in [-0.1, -0.05) is 25.1 Å². The van der Waals surface area contributed by atoms with Gasteiger partial charge in [0.25, 0.3) is 5.91 Å². The van der Waals surface area contributed by atoms with Crippen LogP contribution in [-0.4, -0.2) is 51.7 Å². The Morgan fingerprint density at radius 2 is 1.89 bits per heavy atom. The van der Waals surface area contributed by atoms with E-state index in [0.29, 0.717) is 25.2 Å². The first-order valence-corrected chi connectivity index (χ1v) is 10.6. The van der Waals surface area contributed by atoms with Crippen molar-refractivity contribution in [1.82, 2.24) is 10.2 Å². The quantitative estimate of drug-likeness (QED) is 0.850. The molecular formula is C20H24N2O4S. The molecule has 2 aromatic rings. The van der Waals surface area contributed by atoms with Crippen molar-refractivity contribution in [3.63, 3.8) is 0 Å². The lowest BCUT2D eigenvalue weighted by Gasteiger charge is -2.37. The highest BCUT2D eigenvalue weighted by Gasteiger charge is 2.30. The number of methoxy groups -OCH3 is 1. The molecular weight excluding hydrogens is 364 g/mol. The zero-order valence-electron chi connectivity index (χ0n) is 15.5. The molecule has 0 radical (unpaired) electrons. The van der Waals surface area contributed by atoms with Crippen LogP contribution < -0.4 is 10.1 Å². The molecule has 1 N–H and O–H groups in total. The molecule has 3 rings (SSSR count). The molecule has 0 aromatic heterocycles. The van der Waals surface area contributed by atoms with Gasteiger partial charge in [-0.3, -0.25) is 4.79 Å². The number of para-hydroxylation sites is 1. The van der Waals surface area contributed by atoms with Gasteiger partial charge in [0.2, 0.25) is 0 Å². The Morgan fingerprint density at radius 3 is 2.56 bits per heavy atom. The number of nitrogens with zero attached hydrogens (tertiary/aromatic N) is 1. The second-order valence-electron chi connectivity index (χ2n) is 6.39. The summed E-state index contributed by atoms with van der Waals surface area (Å²) in [6, 6.07) is 13.7. The molecule has 1 atom stereocenters. The maximum atomic E-state index is 13.1.